The van der Waals surface area contributed by atoms with Crippen LogP contribution in [0.4, 0.5) is 4.39 Å². The lowest BCUT2D eigenvalue weighted by Gasteiger charge is -2.09. The van der Waals surface area contributed by atoms with Crippen LogP contribution < -0.4 is 5.32 Å². The van der Waals surface area contributed by atoms with E-state index in [1.165, 1.54) is 43.9 Å². The maximum Gasteiger partial charge on any atom is 0.270 e. The molecule has 16 heavy (non-hydrogen) atoms. The molecule has 1 aliphatic carbocycles. The van der Waals surface area contributed by atoms with Gasteiger partial charge in [0, 0.05) is 6.54 Å². The van der Waals surface area contributed by atoms with Crippen LogP contribution in [0.5, 0.6) is 0 Å². The highest BCUT2D eigenvalue weighted by atomic mass is 19.1. The third-order valence-corrected chi connectivity index (χ3v) is 2.97. The Balaban J connectivity index is 1.87. The average molecular weight is 222 g/mol. The van der Waals surface area contributed by atoms with Gasteiger partial charge in [0.2, 0.25) is 5.95 Å². The van der Waals surface area contributed by atoms with Crippen molar-refractivity contribution in [2.75, 3.05) is 6.54 Å². The second kappa shape index (κ2) is 5.05. The van der Waals surface area contributed by atoms with Crippen LogP contribution in [-0.4, -0.2) is 17.4 Å². The summed E-state index contributed by atoms with van der Waals surface area (Å²) in [5, 5.41) is 2.80. The fourth-order valence-corrected chi connectivity index (χ4v) is 2.08. The van der Waals surface area contributed by atoms with Crippen molar-refractivity contribution >= 4 is 5.91 Å². The van der Waals surface area contributed by atoms with Crippen molar-refractivity contribution in [3.8, 4) is 0 Å². The lowest BCUT2D eigenvalue weighted by atomic mass is 10.1. The molecule has 1 amide bonds. The second-order valence-electron chi connectivity index (χ2n) is 4.21. The van der Waals surface area contributed by atoms with Crippen molar-refractivity contribution in [3.63, 3.8) is 0 Å². The van der Waals surface area contributed by atoms with E-state index in [1.807, 2.05) is 0 Å². The van der Waals surface area contributed by atoms with Gasteiger partial charge in [-0.05, 0) is 30.9 Å². The van der Waals surface area contributed by atoms with Crippen LogP contribution in [0.3, 0.4) is 0 Å². The fraction of sp³-hybridized carbons (Fsp3) is 0.500. The maximum atomic E-state index is 12.8. The molecule has 1 aliphatic rings. The Morgan fingerprint density at radius 3 is 2.88 bits per heavy atom. The van der Waals surface area contributed by atoms with Gasteiger partial charge in [0.25, 0.3) is 5.91 Å². The largest absolute Gasteiger partial charge is 0.350 e. The SMILES string of the molecule is O=C(NCC1CCCC1)c1cccc(F)n1. The molecule has 1 N–H and O–H groups in total. The van der Waals surface area contributed by atoms with E-state index >= 15 is 0 Å². The molecule has 0 radical (unpaired) electrons. The zero-order valence-electron chi connectivity index (χ0n) is 9.08. The van der Waals surface area contributed by atoms with Gasteiger partial charge in [0.1, 0.15) is 5.69 Å². The average Bonchev–Trinajstić information content (AvgIpc) is 2.78. The molecular weight excluding hydrogens is 207 g/mol. The molecule has 0 bridgehead atoms. The van der Waals surface area contributed by atoms with Crippen molar-refractivity contribution in [1.29, 1.82) is 0 Å². The molecule has 0 spiro atoms. The number of nitrogens with zero attached hydrogens (tertiary/aromatic N) is 1. The van der Waals surface area contributed by atoms with Crippen LogP contribution in [-0.2, 0) is 0 Å². The predicted molar refractivity (Wildman–Crippen MR) is 58.5 cm³/mol. The summed E-state index contributed by atoms with van der Waals surface area (Å²) in [6.07, 6.45) is 4.85. The minimum Gasteiger partial charge on any atom is -0.350 e. The molecule has 0 aromatic carbocycles. The summed E-state index contributed by atoms with van der Waals surface area (Å²) in [5.74, 6) is -0.322. The number of hydrogen-bond donors (Lipinski definition) is 1. The van der Waals surface area contributed by atoms with Crippen LogP contribution in [0.25, 0.3) is 0 Å². The summed E-state index contributed by atoms with van der Waals surface area (Å²) in [6, 6.07) is 4.24. The lowest BCUT2D eigenvalue weighted by molar-refractivity contribution is 0.0941. The predicted octanol–water partition coefficient (Wildman–Crippen LogP) is 2.14. The Morgan fingerprint density at radius 1 is 1.44 bits per heavy atom. The molecule has 3 nitrogen and oxygen atoms in total. The monoisotopic (exact) mass is 222 g/mol. The molecule has 4 heteroatoms. The number of carbonyl (C=O) groups is 1. The lowest BCUT2D eigenvalue weighted by Crippen LogP contribution is -2.29. The van der Waals surface area contributed by atoms with E-state index in [0.29, 0.717) is 12.5 Å². The molecule has 1 heterocycles. The number of aromatic nitrogens is 1. The van der Waals surface area contributed by atoms with Crippen LogP contribution >= 0.6 is 0 Å². The first-order valence-electron chi connectivity index (χ1n) is 5.66. The van der Waals surface area contributed by atoms with E-state index in [1.54, 1.807) is 0 Å². The molecule has 0 unspecified atom stereocenters. The normalized spacial score (nSPS) is 16.3. The summed E-state index contributed by atoms with van der Waals surface area (Å²) >= 11 is 0. The first kappa shape index (κ1) is 11.0. The van der Waals surface area contributed by atoms with Crippen LogP contribution in [0.1, 0.15) is 36.2 Å². The Hall–Kier alpha value is -1.45. The van der Waals surface area contributed by atoms with Crippen molar-refractivity contribution in [2.24, 2.45) is 5.92 Å². The molecule has 1 fully saturated rings. The van der Waals surface area contributed by atoms with Crippen LogP contribution in [0.15, 0.2) is 18.2 Å². The summed E-state index contributed by atoms with van der Waals surface area (Å²) < 4.78 is 12.8. The highest BCUT2D eigenvalue weighted by Crippen LogP contribution is 2.23. The minimum atomic E-state index is -0.617. The number of halogens is 1. The second-order valence-corrected chi connectivity index (χ2v) is 4.21. The van der Waals surface area contributed by atoms with Crippen molar-refractivity contribution < 1.29 is 9.18 Å². The van der Waals surface area contributed by atoms with Crippen molar-refractivity contribution in [2.45, 2.75) is 25.7 Å². The standard InChI is InChI=1S/C12H15FN2O/c13-11-7-3-6-10(15-11)12(16)14-8-9-4-1-2-5-9/h3,6-7,9H,1-2,4-5,8H2,(H,14,16). The van der Waals surface area contributed by atoms with E-state index in [4.69, 9.17) is 0 Å². The number of amides is 1. The van der Waals surface area contributed by atoms with Gasteiger partial charge in [-0.3, -0.25) is 4.79 Å². The smallest absolute Gasteiger partial charge is 0.270 e. The Bertz CT molecular complexity index is 375. The van der Waals surface area contributed by atoms with Gasteiger partial charge >= 0.3 is 0 Å². The third kappa shape index (κ3) is 2.78. The van der Waals surface area contributed by atoms with Gasteiger partial charge < -0.3 is 5.32 Å². The minimum absolute atomic E-state index is 0.151. The van der Waals surface area contributed by atoms with E-state index < -0.39 is 5.95 Å². The maximum absolute atomic E-state index is 12.8. The summed E-state index contributed by atoms with van der Waals surface area (Å²) in [7, 11) is 0. The topological polar surface area (TPSA) is 42.0 Å². The fourth-order valence-electron chi connectivity index (χ4n) is 2.08. The molecule has 1 aromatic rings. The zero-order valence-corrected chi connectivity index (χ0v) is 9.08. The van der Waals surface area contributed by atoms with Gasteiger partial charge in [0.15, 0.2) is 0 Å². The Morgan fingerprint density at radius 2 is 2.19 bits per heavy atom. The van der Waals surface area contributed by atoms with Gasteiger partial charge in [-0.1, -0.05) is 18.9 Å². The van der Waals surface area contributed by atoms with Crippen molar-refractivity contribution in [3.05, 3.63) is 29.8 Å². The molecule has 2 rings (SSSR count). The quantitative estimate of drug-likeness (QED) is 0.796. The highest BCUT2D eigenvalue weighted by Gasteiger charge is 2.16. The molecule has 0 atom stereocenters. The molecule has 86 valence electrons. The van der Waals surface area contributed by atoms with Gasteiger partial charge in [0.05, 0.1) is 0 Å². The number of hydrogen-bond acceptors (Lipinski definition) is 2. The van der Waals surface area contributed by atoms with Crippen molar-refractivity contribution in [1.82, 2.24) is 10.3 Å². The molecule has 1 aromatic heterocycles. The van der Waals surface area contributed by atoms with Gasteiger partial charge in [-0.15, -0.1) is 0 Å². The Labute approximate surface area is 94.1 Å². The van der Waals surface area contributed by atoms with E-state index in [2.05, 4.69) is 10.3 Å². The summed E-state index contributed by atoms with van der Waals surface area (Å²) in [5.41, 5.74) is 0.151. The van der Waals surface area contributed by atoms with Gasteiger partial charge in [-0.25, -0.2) is 4.98 Å². The van der Waals surface area contributed by atoms with Crippen LogP contribution in [0.2, 0.25) is 0 Å². The van der Waals surface area contributed by atoms with Crippen LogP contribution in [0, 0.1) is 11.9 Å². The molecular formula is C12H15FN2O. The Kier molecular flexibility index (Phi) is 3.49. The molecule has 1 saturated carbocycles. The highest BCUT2D eigenvalue weighted by molar-refractivity contribution is 5.92. The van der Waals surface area contributed by atoms with E-state index in [9.17, 15) is 9.18 Å². The molecule has 0 aliphatic heterocycles. The third-order valence-electron chi connectivity index (χ3n) is 2.97. The zero-order chi connectivity index (χ0) is 11.4. The first-order valence-corrected chi connectivity index (χ1v) is 5.66. The number of rotatable bonds is 3. The first-order chi connectivity index (χ1) is 7.75. The number of carbonyl (C=O) groups excluding carboxylic acids is 1. The van der Waals surface area contributed by atoms with E-state index in [-0.39, 0.29) is 11.6 Å². The van der Waals surface area contributed by atoms with Gasteiger partial charge in [-0.2, -0.15) is 4.39 Å². The van der Waals surface area contributed by atoms with E-state index in [0.717, 1.165) is 0 Å². The molecule has 0 saturated heterocycles. The summed E-state index contributed by atoms with van der Waals surface area (Å²) in [4.78, 5) is 15.2. The number of pyridine rings is 1. The number of nitrogens with one attached hydrogen (secondary N) is 1. The summed E-state index contributed by atoms with van der Waals surface area (Å²) in [6.45, 7) is 0.678.